The van der Waals surface area contributed by atoms with Crippen LogP contribution in [0.5, 0.6) is 0 Å². The van der Waals surface area contributed by atoms with Crippen molar-refractivity contribution in [1.82, 2.24) is 10.6 Å². The first-order valence-corrected chi connectivity index (χ1v) is 5.40. The molecule has 1 aromatic rings. The summed E-state index contributed by atoms with van der Waals surface area (Å²) in [6.45, 7) is 4.60. The van der Waals surface area contributed by atoms with Gasteiger partial charge >= 0.3 is 6.03 Å². The summed E-state index contributed by atoms with van der Waals surface area (Å²) < 4.78 is 0. The van der Waals surface area contributed by atoms with Crippen LogP contribution in [0.1, 0.15) is 12.5 Å². The number of carbonyl (C=O) groups excluding carboxylic acids is 1. The summed E-state index contributed by atoms with van der Waals surface area (Å²) in [6.07, 6.45) is 0. The Morgan fingerprint density at radius 2 is 2.19 bits per heavy atom. The molecule has 0 aliphatic heterocycles. The van der Waals surface area contributed by atoms with Gasteiger partial charge in [-0.2, -0.15) is 0 Å². The minimum Gasteiger partial charge on any atom is -0.336 e. The smallest absolute Gasteiger partial charge is 0.319 e. The number of rotatable bonds is 4. The van der Waals surface area contributed by atoms with E-state index in [9.17, 15) is 4.79 Å². The lowest BCUT2D eigenvalue weighted by Crippen LogP contribution is -2.39. The number of hydrogen-bond donors (Lipinski definition) is 3. The largest absolute Gasteiger partial charge is 0.336 e. The average molecular weight is 221 g/mol. The van der Waals surface area contributed by atoms with Crippen LogP contribution in [0.25, 0.3) is 0 Å². The first kappa shape index (κ1) is 12.5. The van der Waals surface area contributed by atoms with Gasteiger partial charge in [0.15, 0.2) is 0 Å². The maximum atomic E-state index is 11.5. The van der Waals surface area contributed by atoms with Gasteiger partial charge in [-0.1, -0.05) is 12.1 Å². The molecule has 1 rings (SSSR count). The SMILES string of the molecule is CNC(C)CNC(=O)Nc1cccc(C)c1. The second kappa shape index (κ2) is 6.12. The molecule has 0 aliphatic carbocycles. The van der Waals surface area contributed by atoms with Crippen LogP contribution in [0, 0.1) is 6.92 Å². The standard InChI is InChI=1S/C12H19N3O/c1-9-5-4-6-11(7-9)15-12(16)14-8-10(2)13-3/h4-7,10,13H,8H2,1-3H3,(H2,14,15,16). The number of likely N-dealkylation sites (N-methyl/N-ethyl adjacent to an activating group) is 1. The van der Waals surface area contributed by atoms with Crippen molar-refractivity contribution >= 4 is 11.7 Å². The van der Waals surface area contributed by atoms with E-state index in [0.717, 1.165) is 11.3 Å². The van der Waals surface area contributed by atoms with Gasteiger partial charge in [0.1, 0.15) is 0 Å². The van der Waals surface area contributed by atoms with E-state index in [4.69, 9.17) is 0 Å². The summed E-state index contributed by atoms with van der Waals surface area (Å²) in [6, 6.07) is 7.80. The molecule has 0 radical (unpaired) electrons. The van der Waals surface area contributed by atoms with Crippen molar-refractivity contribution in [2.45, 2.75) is 19.9 Å². The normalized spacial score (nSPS) is 11.9. The van der Waals surface area contributed by atoms with Crippen LogP contribution in [0.3, 0.4) is 0 Å². The molecule has 0 bridgehead atoms. The molecule has 0 aliphatic rings. The zero-order valence-corrected chi connectivity index (χ0v) is 10.0. The fourth-order valence-electron chi connectivity index (χ4n) is 1.25. The number of benzene rings is 1. The van der Waals surface area contributed by atoms with Gasteiger partial charge in [-0.15, -0.1) is 0 Å². The van der Waals surface area contributed by atoms with Gasteiger partial charge in [0.25, 0.3) is 0 Å². The van der Waals surface area contributed by atoms with Crippen LogP contribution in [0.2, 0.25) is 0 Å². The van der Waals surface area contributed by atoms with Crippen molar-refractivity contribution in [3.8, 4) is 0 Å². The third-order valence-corrected chi connectivity index (χ3v) is 2.34. The highest BCUT2D eigenvalue weighted by Gasteiger charge is 2.03. The molecule has 1 unspecified atom stereocenters. The lowest BCUT2D eigenvalue weighted by atomic mass is 10.2. The predicted octanol–water partition coefficient (Wildman–Crippen LogP) is 1.72. The van der Waals surface area contributed by atoms with Crippen molar-refractivity contribution < 1.29 is 4.79 Å². The van der Waals surface area contributed by atoms with Gasteiger partial charge in [0.2, 0.25) is 0 Å². The fourth-order valence-corrected chi connectivity index (χ4v) is 1.25. The maximum absolute atomic E-state index is 11.5. The lowest BCUT2D eigenvalue weighted by Gasteiger charge is -2.12. The Bertz CT molecular complexity index is 352. The van der Waals surface area contributed by atoms with Crippen molar-refractivity contribution in [2.24, 2.45) is 0 Å². The lowest BCUT2D eigenvalue weighted by molar-refractivity contribution is 0.251. The van der Waals surface area contributed by atoms with Crippen LogP contribution in [0.15, 0.2) is 24.3 Å². The van der Waals surface area contributed by atoms with Crippen LogP contribution in [-0.2, 0) is 0 Å². The summed E-state index contributed by atoms with van der Waals surface area (Å²) in [5.74, 6) is 0. The topological polar surface area (TPSA) is 53.2 Å². The molecular weight excluding hydrogens is 202 g/mol. The third kappa shape index (κ3) is 4.31. The molecule has 16 heavy (non-hydrogen) atoms. The predicted molar refractivity (Wildman–Crippen MR) is 66.7 cm³/mol. The highest BCUT2D eigenvalue weighted by Crippen LogP contribution is 2.08. The van der Waals surface area contributed by atoms with E-state index < -0.39 is 0 Å². The maximum Gasteiger partial charge on any atom is 0.319 e. The number of carbonyl (C=O) groups is 1. The molecule has 0 spiro atoms. The molecule has 0 saturated carbocycles. The quantitative estimate of drug-likeness (QED) is 0.725. The Kier molecular flexibility index (Phi) is 4.79. The van der Waals surface area contributed by atoms with E-state index in [0.29, 0.717) is 6.54 Å². The minimum atomic E-state index is -0.173. The molecular formula is C12H19N3O. The number of hydrogen-bond acceptors (Lipinski definition) is 2. The number of amides is 2. The molecule has 88 valence electrons. The Hall–Kier alpha value is -1.55. The van der Waals surface area contributed by atoms with Crippen LogP contribution < -0.4 is 16.0 Å². The van der Waals surface area contributed by atoms with E-state index in [1.54, 1.807) is 0 Å². The summed E-state index contributed by atoms with van der Waals surface area (Å²) in [5, 5.41) is 8.62. The zero-order chi connectivity index (χ0) is 12.0. The molecule has 1 atom stereocenters. The van der Waals surface area contributed by atoms with Gasteiger partial charge in [0, 0.05) is 18.3 Å². The van der Waals surface area contributed by atoms with E-state index >= 15 is 0 Å². The summed E-state index contributed by atoms with van der Waals surface area (Å²) in [4.78, 5) is 11.5. The molecule has 0 fully saturated rings. The molecule has 3 N–H and O–H groups in total. The first-order valence-electron chi connectivity index (χ1n) is 5.40. The van der Waals surface area contributed by atoms with Gasteiger partial charge in [0.05, 0.1) is 0 Å². The molecule has 0 heterocycles. The Balaban J connectivity index is 2.40. The van der Waals surface area contributed by atoms with Crippen molar-refractivity contribution in [1.29, 1.82) is 0 Å². The second-order valence-corrected chi connectivity index (χ2v) is 3.89. The van der Waals surface area contributed by atoms with Crippen LogP contribution in [0.4, 0.5) is 10.5 Å². The Morgan fingerprint density at radius 3 is 2.81 bits per heavy atom. The monoisotopic (exact) mass is 221 g/mol. The van der Waals surface area contributed by atoms with E-state index in [1.165, 1.54) is 0 Å². The number of urea groups is 1. The van der Waals surface area contributed by atoms with E-state index in [1.807, 2.05) is 45.2 Å². The van der Waals surface area contributed by atoms with Crippen molar-refractivity contribution in [3.63, 3.8) is 0 Å². The number of anilines is 1. The Morgan fingerprint density at radius 1 is 1.44 bits per heavy atom. The fraction of sp³-hybridized carbons (Fsp3) is 0.417. The highest BCUT2D eigenvalue weighted by atomic mass is 16.2. The summed E-state index contributed by atoms with van der Waals surface area (Å²) >= 11 is 0. The van der Waals surface area contributed by atoms with E-state index in [-0.39, 0.29) is 12.1 Å². The molecule has 2 amide bonds. The molecule has 0 saturated heterocycles. The van der Waals surface area contributed by atoms with Gasteiger partial charge < -0.3 is 16.0 Å². The number of aryl methyl sites for hydroxylation is 1. The van der Waals surface area contributed by atoms with Gasteiger partial charge in [-0.3, -0.25) is 0 Å². The second-order valence-electron chi connectivity index (χ2n) is 3.89. The van der Waals surface area contributed by atoms with Crippen LogP contribution in [-0.4, -0.2) is 25.7 Å². The number of nitrogens with one attached hydrogen (secondary N) is 3. The Labute approximate surface area is 96.4 Å². The summed E-state index contributed by atoms with van der Waals surface area (Å²) in [5.41, 5.74) is 1.94. The molecule has 4 nitrogen and oxygen atoms in total. The molecule has 4 heteroatoms. The van der Waals surface area contributed by atoms with Crippen LogP contribution >= 0.6 is 0 Å². The average Bonchev–Trinajstić information content (AvgIpc) is 2.26. The van der Waals surface area contributed by atoms with Crippen molar-refractivity contribution in [3.05, 3.63) is 29.8 Å². The zero-order valence-electron chi connectivity index (χ0n) is 10.0. The first-order chi connectivity index (χ1) is 7.61. The molecule has 0 aromatic heterocycles. The summed E-state index contributed by atoms with van der Waals surface area (Å²) in [7, 11) is 1.87. The van der Waals surface area contributed by atoms with Gasteiger partial charge in [-0.05, 0) is 38.6 Å². The minimum absolute atomic E-state index is 0.173. The van der Waals surface area contributed by atoms with Crippen molar-refractivity contribution in [2.75, 3.05) is 18.9 Å². The third-order valence-electron chi connectivity index (χ3n) is 2.34. The van der Waals surface area contributed by atoms with E-state index in [2.05, 4.69) is 16.0 Å². The molecule has 1 aromatic carbocycles. The van der Waals surface area contributed by atoms with Gasteiger partial charge in [-0.25, -0.2) is 4.79 Å². The highest BCUT2D eigenvalue weighted by molar-refractivity contribution is 5.89.